The van der Waals surface area contributed by atoms with Crippen LogP contribution in [0, 0.1) is 13.8 Å². The normalized spacial score (nSPS) is 15.0. The number of aryl methyl sites for hydroxylation is 3. The first-order chi connectivity index (χ1) is 14.5. The lowest BCUT2D eigenvalue weighted by molar-refractivity contribution is 0.0376. The summed E-state index contributed by atoms with van der Waals surface area (Å²) in [6, 6.07) is 6.06. The van der Waals surface area contributed by atoms with Crippen molar-refractivity contribution in [3.05, 3.63) is 41.2 Å². The molecule has 4 rings (SSSR count). The lowest BCUT2D eigenvalue weighted by atomic mass is 10.1. The third-order valence-corrected chi connectivity index (χ3v) is 6.65. The number of thiazole rings is 1. The second kappa shape index (κ2) is 9.24. The Morgan fingerprint density at radius 3 is 2.73 bits per heavy atom. The minimum absolute atomic E-state index is 0.0864. The Morgan fingerprint density at radius 2 is 2.00 bits per heavy atom. The summed E-state index contributed by atoms with van der Waals surface area (Å²) in [5.74, 6) is -0.0864. The molecule has 30 heavy (non-hydrogen) atoms. The Kier molecular flexibility index (Phi) is 6.46. The van der Waals surface area contributed by atoms with Crippen LogP contribution >= 0.6 is 11.3 Å². The van der Waals surface area contributed by atoms with Gasteiger partial charge in [-0.25, -0.2) is 4.98 Å². The second-order valence-corrected chi connectivity index (χ2v) is 8.73. The maximum atomic E-state index is 13.4. The highest BCUT2D eigenvalue weighted by molar-refractivity contribution is 7.22. The molecule has 0 bridgehead atoms. The fourth-order valence-corrected chi connectivity index (χ4v) is 4.70. The molecule has 7 nitrogen and oxygen atoms in total. The number of morpholine rings is 1. The predicted molar refractivity (Wildman–Crippen MR) is 121 cm³/mol. The van der Waals surface area contributed by atoms with E-state index in [9.17, 15) is 4.79 Å². The van der Waals surface area contributed by atoms with Crippen LogP contribution in [-0.4, -0.2) is 65.0 Å². The van der Waals surface area contributed by atoms with E-state index in [1.54, 1.807) is 27.0 Å². The predicted octanol–water partition coefficient (Wildman–Crippen LogP) is 3.50. The van der Waals surface area contributed by atoms with Gasteiger partial charge in [0.15, 0.2) is 10.8 Å². The molecule has 0 saturated carbocycles. The van der Waals surface area contributed by atoms with E-state index in [4.69, 9.17) is 9.72 Å². The maximum Gasteiger partial charge on any atom is 0.280 e. The van der Waals surface area contributed by atoms with Gasteiger partial charge in [0, 0.05) is 38.9 Å². The van der Waals surface area contributed by atoms with Crippen molar-refractivity contribution in [2.75, 3.05) is 44.3 Å². The first-order valence-corrected chi connectivity index (χ1v) is 11.4. The van der Waals surface area contributed by atoms with Gasteiger partial charge >= 0.3 is 0 Å². The molecule has 3 heterocycles. The summed E-state index contributed by atoms with van der Waals surface area (Å²) >= 11 is 1.58. The van der Waals surface area contributed by atoms with Gasteiger partial charge in [-0.05, 0) is 56.5 Å². The molecule has 0 spiro atoms. The fourth-order valence-electron chi connectivity index (χ4n) is 3.63. The van der Waals surface area contributed by atoms with Crippen LogP contribution in [0.3, 0.4) is 0 Å². The van der Waals surface area contributed by atoms with Crippen molar-refractivity contribution in [2.24, 2.45) is 0 Å². The average molecular weight is 428 g/mol. The molecule has 1 amide bonds. The van der Waals surface area contributed by atoms with E-state index < -0.39 is 0 Å². The van der Waals surface area contributed by atoms with Gasteiger partial charge in [-0.1, -0.05) is 11.3 Å². The van der Waals surface area contributed by atoms with E-state index in [2.05, 4.69) is 36.0 Å². The van der Waals surface area contributed by atoms with Gasteiger partial charge in [-0.15, -0.1) is 0 Å². The number of hydrogen-bond donors (Lipinski definition) is 0. The molecule has 1 aromatic carbocycles. The minimum Gasteiger partial charge on any atom is -0.379 e. The number of anilines is 1. The molecule has 1 saturated heterocycles. The lowest BCUT2D eigenvalue weighted by Gasteiger charge is -2.27. The van der Waals surface area contributed by atoms with Crippen LogP contribution in [0.5, 0.6) is 0 Å². The molecule has 3 aromatic rings. The number of nitrogens with zero attached hydrogens (tertiary/aromatic N) is 5. The summed E-state index contributed by atoms with van der Waals surface area (Å²) in [4.78, 5) is 22.4. The number of carbonyl (C=O) groups is 1. The van der Waals surface area contributed by atoms with Gasteiger partial charge in [0.05, 0.1) is 23.4 Å². The number of rotatable bonds is 7. The number of amides is 1. The zero-order valence-corrected chi connectivity index (χ0v) is 18.7. The third-order valence-electron chi connectivity index (χ3n) is 5.61. The Hall–Kier alpha value is -2.29. The first kappa shape index (κ1) is 21.0. The zero-order chi connectivity index (χ0) is 21.1. The standard InChI is InChI=1S/C22H29N5O2S/c1-4-26-9-6-18(24-26)21(28)27(8-5-7-25-10-12-29-13-11-25)22-23-19-14-16(2)17(3)15-20(19)30-22/h6,9,14-15H,4-5,7-8,10-13H2,1-3H3. The van der Waals surface area contributed by atoms with E-state index >= 15 is 0 Å². The molecule has 2 aromatic heterocycles. The van der Waals surface area contributed by atoms with Crippen molar-refractivity contribution >= 4 is 32.6 Å². The number of carbonyl (C=O) groups excluding carboxylic acids is 1. The van der Waals surface area contributed by atoms with Gasteiger partial charge in [0.1, 0.15) is 0 Å². The van der Waals surface area contributed by atoms with Crippen LogP contribution in [0.2, 0.25) is 0 Å². The molecule has 160 valence electrons. The van der Waals surface area contributed by atoms with Crippen molar-refractivity contribution in [2.45, 2.75) is 33.7 Å². The Morgan fingerprint density at radius 1 is 1.23 bits per heavy atom. The SMILES string of the molecule is CCn1ccc(C(=O)N(CCCN2CCOCC2)c2nc3cc(C)c(C)cc3s2)n1. The van der Waals surface area contributed by atoms with E-state index in [1.165, 1.54) is 11.1 Å². The molecule has 8 heteroatoms. The second-order valence-electron chi connectivity index (χ2n) is 7.72. The average Bonchev–Trinajstić information content (AvgIpc) is 3.39. The van der Waals surface area contributed by atoms with Crippen molar-refractivity contribution < 1.29 is 9.53 Å². The summed E-state index contributed by atoms with van der Waals surface area (Å²) in [6.45, 7) is 12.0. The summed E-state index contributed by atoms with van der Waals surface area (Å²) in [5, 5.41) is 5.17. The number of fused-ring (bicyclic) bond motifs is 1. The smallest absolute Gasteiger partial charge is 0.280 e. The Bertz CT molecular complexity index is 983. The quantitative estimate of drug-likeness (QED) is 0.577. The third kappa shape index (κ3) is 4.55. The van der Waals surface area contributed by atoms with Crippen LogP contribution in [0.25, 0.3) is 10.2 Å². The van der Waals surface area contributed by atoms with E-state index in [0.29, 0.717) is 12.2 Å². The fraction of sp³-hybridized carbons (Fsp3) is 0.500. The monoisotopic (exact) mass is 427 g/mol. The van der Waals surface area contributed by atoms with Crippen molar-refractivity contribution in [3.63, 3.8) is 0 Å². The topological polar surface area (TPSA) is 63.5 Å². The van der Waals surface area contributed by atoms with Crippen molar-refractivity contribution in [1.29, 1.82) is 0 Å². The molecule has 0 unspecified atom stereocenters. The highest BCUT2D eigenvalue weighted by atomic mass is 32.1. The highest BCUT2D eigenvalue weighted by Gasteiger charge is 2.24. The van der Waals surface area contributed by atoms with Crippen LogP contribution < -0.4 is 4.90 Å². The Labute approximate surface area is 181 Å². The van der Waals surface area contributed by atoms with Crippen molar-refractivity contribution in [1.82, 2.24) is 19.7 Å². The molecular formula is C22H29N5O2S. The summed E-state index contributed by atoms with van der Waals surface area (Å²) in [5.41, 5.74) is 3.87. The molecule has 1 fully saturated rings. The Balaban J connectivity index is 1.58. The number of ether oxygens (including phenoxy) is 1. The molecule has 1 aliphatic rings. The minimum atomic E-state index is -0.0864. The van der Waals surface area contributed by atoms with Crippen LogP contribution in [-0.2, 0) is 11.3 Å². The maximum absolute atomic E-state index is 13.4. The van der Waals surface area contributed by atoms with Gasteiger partial charge < -0.3 is 4.74 Å². The highest BCUT2D eigenvalue weighted by Crippen LogP contribution is 2.31. The lowest BCUT2D eigenvalue weighted by Crippen LogP contribution is -2.39. The van der Waals surface area contributed by atoms with Gasteiger partial charge in [0.2, 0.25) is 0 Å². The van der Waals surface area contributed by atoms with E-state index in [1.807, 2.05) is 13.1 Å². The van der Waals surface area contributed by atoms with E-state index in [0.717, 1.165) is 61.2 Å². The van der Waals surface area contributed by atoms with Crippen LogP contribution in [0.15, 0.2) is 24.4 Å². The van der Waals surface area contributed by atoms with Crippen LogP contribution in [0.1, 0.15) is 35.0 Å². The number of benzene rings is 1. The van der Waals surface area contributed by atoms with Crippen molar-refractivity contribution in [3.8, 4) is 0 Å². The summed E-state index contributed by atoms with van der Waals surface area (Å²) in [6.07, 6.45) is 2.73. The van der Waals surface area contributed by atoms with Gasteiger partial charge in [-0.2, -0.15) is 5.10 Å². The number of hydrogen-bond acceptors (Lipinski definition) is 6. The molecule has 0 N–H and O–H groups in total. The van der Waals surface area contributed by atoms with Crippen LogP contribution in [0.4, 0.5) is 5.13 Å². The summed E-state index contributed by atoms with van der Waals surface area (Å²) in [7, 11) is 0. The molecular weight excluding hydrogens is 398 g/mol. The molecule has 0 radical (unpaired) electrons. The zero-order valence-electron chi connectivity index (χ0n) is 17.9. The molecule has 1 aliphatic heterocycles. The molecule has 0 atom stereocenters. The van der Waals surface area contributed by atoms with Gasteiger partial charge in [-0.3, -0.25) is 19.3 Å². The molecule has 0 aliphatic carbocycles. The number of aromatic nitrogens is 3. The van der Waals surface area contributed by atoms with Gasteiger partial charge in [0.25, 0.3) is 5.91 Å². The van der Waals surface area contributed by atoms with E-state index in [-0.39, 0.29) is 5.91 Å². The first-order valence-electron chi connectivity index (χ1n) is 10.6. The largest absolute Gasteiger partial charge is 0.379 e. The summed E-state index contributed by atoms with van der Waals surface area (Å²) < 4.78 is 8.32.